The number of aromatic nitrogens is 1. The Balaban J connectivity index is 1.32. The van der Waals surface area contributed by atoms with Crippen molar-refractivity contribution in [3.05, 3.63) is 48.0 Å². The lowest BCUT2D eigenvalue weighted by Gasteiger charge is -2.31. The summed E-state index contributed by atoms with van der Waals surface area (Å²) < 4.78 is 29.4. The Morgan fingerprint density at radius 1 is 1.27 bits per heavy atom. The maximum Gasteiger partial charge on any atom is 0.238 e. The quantitative estimate of drug-likeness (QED) is 0.504. The first-order valence-electron chi connectivity index (χ1n) is 11.0. The van der Waals surface area contributed by atoms with Gasteiger partial charge >= 0.3 is 0 Å². The van der Waals surface area contributed by atoms with Gasteiger partial charge in [-0.15, -0.1) is 0 Å². The fourth-order valence-electron chi connectivity index (χ4n) is 3.97. The summed E-state index contributed by atoms with van der Waals surface area (Å²) in [4.78, 5) is 19.8. The monoisotopic (exact) mass is 488 g/mol. The van der Waals surface area contributed by atoms with Crippen LogP contribution in [0.4, 0.5) is 5.13 Å². The number of primary sulfonamides is 1. The summed E-state index contributed by atoms with van der Waals surface area (Å²) in [6.07, 6.45) is 2.41. The predicted molar refractivity (Wildman–Crippen MR) is 130 cm³/mol. The fourth-order valence-corrected chi connectivity index (χ4v) is 5.51. The number of hydrogen-bond acceptors (Lipinski definition) is 7. The van der Waals surface area contributed by atoms with Gasteiger partial charge in [-0.2, -0.15) is 0 Å². The molecular weight excluding hydrogens is 460 g/mol. The average Bonchev–Trinajstić information content (AvgIpc) is 3.23. The van der Waals surface area contributed by atoms with E-state index in [1.807, 2.05) is 25.1 Å². The summed E-state index contributed by atoms with van der Waals surface area (Å²) in [5.74, 6) is 0.797. The Kier molecular flexibility index (Phi) is 7.16. The van der Waals surface area contributed by atoms with Crippen molar-refractivity contribution in [1.82, 2.24) is 10.3 Å². The highest BCUT2D eigenvalue weighted by Crippen LogP contribution is 2.33. The van der Waals surface area contributed by atoms with Crippen LogP contribution in [0.3, 0.4) is 0 Å². The predicted octanol–water partition coefficient (Wildman–Crippen LogP) is 2.92. The normalized spacial score (nSPS) is 16.7. The number of nitrogens with two attached hydrogens (primary N) is 1. The van der Waals surface area contributed by atoms with Crippen molar-refractivity contribution in [2.24, 2.45) is 11.1 Å². The highest BCUT2D eigenvalue weighted by molar-refractivity contribution is 7.89. The van der Waals surface area contributed by atoms with Gasteiger partial charge in [-0.05, 0) is 62.1 Å². The molecule has 0 spiro atoms. The van der Waals surface area contributed by atoms with Crippen molar-refractivity contribution >= 4 is 42.6 Å². The number of sulfonamides is 1. The van der Waals surface area contributed by atoms with Crippen LogP contribution in [0.25, 0.3) is 10.2 Å². The molecule has 0 aliphatic carbocycles. The fraction of sp³-hybridized carbons (Fsp3) is 0.391. The number of ether oxygens (including phenoxy) is 1. The van der Waals surface area contributed by atoms with Gasteiger partial charge in [-0.1, -0.05) is 23.5 Å². The van der Waals surface area contributed by atoms with E-state index in [-0.39, 0.29) is 16.7 Å². The van der Waals surface area contributed by atoms with E-state index < -0.39 is 10.0 Å². The molecule has 1 aromatic heterocycles. The standard InChI is InChI=1S/C23H28N4O4S2/c1-2-31-18-7-10-20-21(14-18)32-23(26-20)27-13-3-4-17(15-27)22(28)25-12-11-16-5-8-19(9-6-16)33(24,29)30/h5-10,14,17H,2-4,11-13,15H2,1H3,(H,25,28)(H2,24,29,30)/t17-/m1/s1. The number of amides is 1. The summed E-state index contributed by atoms with van der Waals surface area (Å²) in [6.45, 7) is 4.61. The summed E-state index contributed by atoms with van der Waals surface area (Å²) in [5.41, 5.74) is 1.88. The SMILES string of the molecule is CCOc1ccc2nc(N3CCC[C@@H](C(=O)NCCc4ccc(S(N)(=O)=O)cc4)C3)sc2c1. The molecule has 0 radical (unpaired) electrons. The molecule has 0 saturated carbocycles. The first-order valence-corrected chi connectivity index (χ1v) is 13.4. The first-order chi connectivity index (χ1) is 15.8. The van der Waals surface area contributed by atoms with E-state index in [0.29, 0.717) is 26.1 Å². The van der Waals surface area contributed by atoms with Crippen LogP contribution < -0.4 is 20.1 Å². The van der Waals surface area contributed by atoms with Crippen LogP contribution in [0.1, 0.15) is 25.3 Å². The van der Waals surface area contributed by atoms with Crippen molar-refractivity contribution in [2.75, 3.05) is 31.1 Å². The maximum atomic E-state index is 12.8. The van der Waals surface area contributed by atoms with E-state index in [1.54, 1.807) is 23.5 Å². The lowest BCUT2D eigenvalue weighted by molar-refractivity contribution is -0.125. The molecule has 1 fully saturated rings. The van der Waals surface area contributed by atoms with Crippen LogP contribution in [-0.4, -0.2) is 45.6 Å². The molecule has 1 amide bonds. The van der Waals surface area contributed by atoms with Crippen LogP contribution in [0.5, 0.6) is 5.75 Å². The number of rotatable bonds is 8. The number of nitrogens with zero attached hydrogens (tertiary/aromatic N) is 2. The number of carbonyl (C=O) groups is 1. The molecule has 2 heterocycles. The molecule has 0 bridgehead atoms. The minimum Gasteiger partial charge on any atom is -0.494 e. The van der Waals surface area contributed by atoms with Crippen LogP contribution in [0.15, 0.2) is 47.4 Å². The molecule has 3 N–H and O–H groups in total. The van der Waals surface area contributed by atoms with E-state index in [9.17, 15) is 13.2 Å². The van der Waals surface area contributed by atoms with Gasteiger partial charge in [0.1, 0.15) is 5.75 Å². The van der Waals surface area contributed by atoms with Gasteiger partial charge in [-0.25, -0.2) is 18.5 Å². The Bertz CT molecular complexity index is 1220. The van der Waals surface area contributed by atoms with Gasteiger partial charge < -0.3 is 15.0 Å². The van der Waals surface area contributed by atoms with E-state index >= 15 is 0 Å². The first kappa shape index (κ1) is 23.5. The highest BCUT2D eigenvalue weighted by atomic mass is 32.2. The third kappa shape index (κ3) is 5.82. The summed E-state index contributed by atoms with van der Waals surface area (Å²) in [7, 11) is -3.69. The zero-order chi connectivity index (χ0) is 23.4. The van der Waals surface area contributed by atoms with E-state index in [4.69, 9.17) is 14.9 Å². The number of benzene rings is 2. The molecule has 1 atom stereocenters. The van der Waals surface area contributed by atoms with E-state index in [1.165, 1.54) is 12.1 Å². The Morgan fingerprint density at radius 2 is 2.06 bits per heavy atom. The Morgan fingerprint density at radius 3 is 2.79 bits per heavy atom. The molecule has 0 unspecified atom stereocenters. The van der Waals surface area contributed by atoms with Gasteiger partial charge in [0, 0.05) is 19.6 Å². The largest absolute Gasteiger partial charge is 0.494 e. The number of anilines is 1. The van der Waals surface area contributed by atoms with Gasteiger partial charge in [-0.3, -0.25) is 4.79 Å². The molecule has 33 heavy (non-hydrogen) atoms. The molecule has 10 heteroatoms. The molecule has 2 aromatic carbocycles. The van der Waals surface area contributed by atoms with Crippen LogP contribution >= 0.6 is 11.3 Å². The highest BCUT2D eigenvalue weighted by Gasteiger charge is 2.27. The van der Waals surface area contributed by atoms with Crippen molar-refractivity contribution < 1.29 is 17.9 Å². The van der Waals surface area contributed by atoms with Crippen LogP contribution in [0.2, 0.25) is 0 Å². The Hall–Kier alpha value is -2.69. The zero-order valence-corrected chi connectivity index (χ0v) is 20.1. The number of thiazole rings is 1. The smallest absolute Gasteiger partial charge is 0.238 e. The lowest BCUT2D eigenvalue weighted by Crippen LogP contribution is -2.43. The summed E-state index contributed by atoms with van der Waals surface area (Å²) in [6, 6.07) is 12.3. The molecule has 1 aliphatic heterocycles. The summed E-state index contributed by atoms with van der Waals surface area (Å²) in [5, 5.41) is 9.09. The number of carbonyl (C=O) groups excluding carboxylic acids is 1. The van der Waals surface area contributed by atoms with Gasteiger partial charge in [0.2, 0.25) is 15.9 Å². The summed E-state index contributed by atoms with van der Waals surface area (Å²) >= 11 is 1.63. The van der Waals surface area contributed by atoms with Crippen LogP contribution in [-0.2, 0) is 21.2 Å². The van der Waals surface area contributed by atoms with Gasteiger partial charge in [0.15, 0.2) is 5.13 Å². The molecule has 176 valence electrons. The van der Waals surface area contributed by atoms with E-state index in [0.717, 1.165) is 46.0 Å². The van der Waals surface area contributed by atoms with E-state index in [2.05, 4.69) is 10.2 Å². The molecule has 8 nitrogen and oxygen atoms in total. The van der Waals surface area contributed by atoms with Crippen molar-refractivity contribution in [3.8, 4) is 5.75 Å². The van der Waals surface area contributed by atoms with Crippen molar-refractivity contribution in [1.29, 1.82) is 0 Å². The second-order valence-electron chi connectivity index (χ2n) is 8.07. The van der Waals surface area contributed by atoms with Crippen molar-refractivity contribution in [3.63, 3.8) is 0 Å². The second-order valence-corrected chi connectivity index (χ2v) is 10.6. The molecule has 1 saturated heterocycles. The lowest BCUT2D eigenvalue weighted by atomic mass is 9.97. The van der Waals surface area contributed by atoms with Crippen molar-refractivity contribution in [2.45, 2.75) is 31.1 Å². The minimum absolute atomic E-state index is 0.0422. The molecule has 4 rings (SSSR count). The zero-order valence-electron chi connectivity index (χ0n) is 18.5. The molecular formula is C23H28N4O4S2. The number of hydrogen-bond donors (Lipinski definition) is 2. The third-order valence-electron chi connectivity index (χ3n) is 5.69. The Labute approximate surface area is 197 Å². The van der Waals surface area contributed by atoms with Crippen LogP contribution in [0, 0.1) is 5.92 Å². The molecule has 1 aliphatic rings. The van der Waals surface area contributed by atoms with Gasteiger partial charge in [0.05, 0.1) is 27.6 Å². The minimum atomic E-state index is -3.69. The maximum absolute atomic E-state index is 12.8. The third-order valence-corrected chi connectivity index (χ3v) is 7.70. The topological polar surface area (TPSA) is 115 Å². The number of nitrogens with one attached hydrogen (secondary N) is 1. The number of fused-ring (bicyclic) bond motifs is 1. The number of piperidine rings is 1. The van der Waals surface area contributed by atoms with Gasteiger partial charge in [0.25, 0.3) is 0 Å². The molecule has 3 aromatic rings. The average molecular weight is 489 g/mol. The second kappa shape index (κ2) is 10.1.